The average Bonchev–Trinajstić information content (AvgIpc) is 2.39. The third-order valence-electron chi connectivity index (χ3n) is 2.32. The minimum Gasteiger partial charge on any atom is -0.271 e. The normalized spacial score (nSPS) is 10.8. The van der Waals surface area contributed by atoms with Crippen LogP contribution in [0.4, 0.5) is 17.1 Å². The van der Waals surface area contributed by atoms with Crippen molar-refractivity contribution in [2.24, 2.45) is 4.99 Å². The Balaban J connectivity index is 3.46. The highest BCUT2D eigenvalue weighted by molar-refractivity contribution is 8.13. The van der Waals surface area contributed by atoms with E-state index in [1.807, 2.05) is 0 Å². The first-order valence-corrected chi connectivity index (χ1v) is 6.34. The Morgan fingerprint density at radius 2 is 1.85 bits per heavy atom. The van der Waals surface area contributed by atoms with Gasteiger partial charge in [0.05, 0.1) is 15.5 Å². The van der Waals surface area contributed by atoms with E-state index in [2.05, 4.69) is 10.3 Å². The van der Waals surface area contributed by atoms with Gasteiger partial charge in [0, 0.05) is 12.1 Å². The summed E-state index contributed by atoms with van der Waals surface area (Å²) in [6.45, 7) is 1.30. The molecule has 0 saturated carbocycles. The molecule has 0 aliphatic rings. The van der Waals surface area contributed by atoms with E-state index in [9.17, 15) is 20.2 Å². The smallest absolute Gasteiger partial charge is 0.271 e. The number of hydrogen-bond donors (Lipinski definition) is 1. The number of benzene rings is 1. The largest absolute Gasteiger partial charge is 0.281 e. The van der Waals surface area contributed by atoms with E-state index in [4.69, 9.17) is 5.26 Å². The zero-order valence-corrected chi connectivity index (χ0v) is 11.3. The van der Waals surface area contributed by atoms with Crippen molar-refractivity contribution < 1.29 is 9.85 Å². The number of rotatable bonds is 3. The molecule has 1 aromatic rings. The van der Waals surface area contributed by atoms with Crippen LogP contribution < -0.4 is 5.32 Å². The maximum Gasteiger partial charge on any atom is 0.281 e. The second-order valence-electron chi connectivity index (χ2n) is 3.48. The molecule has 20 heavy (non-hydrogen) atoms. The highest BCUT2D eigenvalue weighted by atomic mass is 32.2. The summed E-state index contributed by atoms with van der Waals surface area (Å²) in [5, 5.41) is 32.7. The molecular formula is C10H9N5O4S. The van der Waals surface area contributed by atoms with Crippen LogP contribution in [0.5, 0.6) is 0 Å². The SMILES string of the molecule is CSC(=Nc1cc([N+](=O)[O-])c(C)c([N+](=O)[O-])c1)NC#N. The van der Waals surface area contributed by atoms with Crippen molar-refractivity contribution in [3.8, 4) is 6.19 Å². The van der Waals surface area contributed by atoms with Gasteiger partial charge in [0.15, 0.2) is 11.4 Å². The monoisotopic (exact) mass is 295 g/mol. The Kier molecular flexibility index (Phi) is 4.99. The predicted octanol–water partition coefficient (Wildman–Crippen LogP) is 2.23. The highest BCUT2D eigenvalue weighted by Gasteiger charge is 2.23. The molecule has 0 spiro atoms. The van der Waals surface area contributed by atoms with Gasteiger partial charge in [-0.1, -0.05) is 11.8 Å². The predicted molar refractivity (Wildman–Crippen MR) is 73.8 cm³/mol. The van der Waals surface area contributed by atoms with Crippen LogP contribution in [0.15, 0.2) is 17.1 Å². The molecule has 0 unspecified atom stereocenters. The number of nitrogens with one attached hydrogen (secondary N) is 1. The zero-order chi connectivity index (χ0) is 15.3. The molecule has 0 atom stereocenters. The molecule has 0 fully saturated rings. The minimum absolute atomic E-state index is 0.0288. The van der Waals surface area contributed by atoms with Crippen molar-refractivity contribution in [2.75, 3.05) is 6.26 Å². The lowest BCUT2D eigenvalue weighted by Gasteiger charge is -2.03. The van der Waals surface area contributed by atoms with Gasteiger partial charge in [-0.05, 0) is 13.2 Å². The molecule has 10 heteroatoms. The topological polar surface area (TPSA) is 134 Å². The first-order chi connectivity index (χ1) is 9.40. The van der Waals surface area contributed by atoms with Gasteiger partial charge in [0.2, 0.25) is 0 Å². The lowest BCUT2D eigenvalue weighted by Crippen LogP contribution is -2.12. The summed E-state index contributed by atoms with van der Waals surface area (Å²) in [5.74, 6) is 0. The first kappa shape index (κ1) is 15.4. The van der Waals surface area contributed by atoms with Crippen molar-refractivity contribution in [3.63, 3.8) is 0 Å². The van der Waals surface area contributed by atoms with Gasteiger partial charge >= 0.3 is 0 Å². The molecule has 0 aromatic heterocycles. The molecular weight excluding hydrogens is 286 g/mol. The van der Waals surface area contributed by atoms with Gasteiger partial charge in [-0.15, -0.1) is 0 Å². The molecule has 0 aliphatic carbocycles. The second-order valence-corrected chi connectivity index (χ2v) is 4.28. The number of nitrogens with zero attached hydrogens (tertiary/aromatic N) is 4. The van der Waals surface area contributed by atoms with Crippen LogP contribution in [0, 0.1) is 38.6 Å². The lowest BCUT2D eigenvalue weighted by molar-refractivity contribution is -0.395. The van der Waals surface area contributed by atoms with Gasteiger partial charge in [0.25, 0.3) is 11.4 Å². The molecule has 9 nitrogen and oxygen atoms in total. The number of thioether (sulfide) groups is 1. The fourth-order valence-corrected chi connectivity index (χ4v) is 1.75. The lowest BCUT2D eigenvalue weighted by atomic mass is 10.1. The fraction of sp³-hybridized carbons (Fsp3) is 0.200. The van der Waals surface area contributed by atoms with Crippen LogP contribution in [0.2, 0.25) is 0 Å². The van der Waals surface area contributed by atoms with E-state index >= 15 is 0 Å². The van der Waals surface area contributed by atoms with Gasteiger partial charge in [-0.3, -0.25) is 25.5 Å². The van der Waals surface area contributed by atoms with Crippen molar-refractivity contribution in [3.05, 3.63) is 37.9 Å². The Hall–Kier alpha value is -2.67. The molecule has 0 radical (unpaired) electrons. The molecule has 0 amide bonds. The number of nitro benzene ring substituents is 2. The second kappa shape index (κ2) is 6.48. The van der Waals surface area contributed by atoms with Crippen LogP contribution in [-0.4, -0.2) is 21.3 Å². The van der Waals surface area contributed by atoms with E-state index in [-0.39, 0.29) is 16.4 Å². The van der Waals surface area contributed by atoms with E-state index in [1.165, 1.54) is 6.92 Å². The molecule has 0 saturated heterocycles. The summed E-state index contributed by atoms with van der Waals surface area (Å²) in [6.07, 6.45) is 3.29. The molecule has 1 aromatic carbocycles. The Morgan fingerprint density at radius 3 is 2.20 bits per heavy atom. The Labute approximate surface area is 117 Å². The maximum atomic E-state index is 10.9. The summed E-state index contributed by atoms with van der Waals surface area (Å²) in [4.78, 5) is 24.3. The van der Waals surface area contributed by atoms with Crippen molar-refractivity contribution in [2.45, 2.75) is 6.92 Å². The van der Waals surface area contributed by atoms with E-state index < -0.39 is 21.2 Å². The third-order valence-corrected chi connectivity index (χ3v) is 2.90. The van der Waals surface area contributed by atoms with Crippen molar-refractivity contribution >= 4 is 34.0 Å². The summed E-state index contributed by atoms with van der Waals surface area (Å²) in [6, 6.07) is 2.25. The quantitative estimate of drug-likeness (QED) is 0.225. The average molecular weight is 295 g/mol. The molecule has 1 rings (SSSR count). The van der Waals surface area contributed by atoms with Crippen LogP contribution in [0.25, 0.3) is 0 Å². The summed E-state index contributed by atoms with van der Waals surface area (Å²) in [7, 11) is 0. The van der Waals surface area contributed by atoms with E-state index in [0.29, 0.717) is 0 Å². The molecule has 104 valence electrons. The van der Waals surface area contributed by atoms with Gasteiger partial charge in [-0.25, -0.2) is 4.99 Å². The van der Waals surface area contributed by atoms with Crippen LogP contribution >= 0.6 is 11.8 Å². The van der Waals surface area contributed by atoms with E-state index in [1.54, 1.807) is 12.4 Å². The van der Waals surface area contributed by atoms with E-state index in [0.717, 1.165) is 23.9 Å². The first-order valence-electron chi connectivity index (χ1n) is 5.12. The highest BCUT2D eigenvalue weighted by Crippen LogP contribution is 2.33. The number of amidine groups is 1. The minimum atomic E-state index is -0.710. The van der Waals surface area contributed by atoms with Crippen LogP contribution in [0.3, 0.4) is 0 Å². The number of nitriles is 1. The summed E-state index contributed by atoms with van der Waals surface area (Å²) in [5.41, 5.74) is -0.801. The standard InChI is InChI=1S/C10H9N5O4S/c1-6-8(14(16)17)3-7(4-9(6)15(18)19)13-10(20-2)12-5-11/h3-4H,1-2H3,(H,12,13). The maximum absolute atomic E-state index is 10.9. The molecule has 0 bridgehead atoms. The summed E-state index contributed by atoms with van der Waals surface area (Å²) >= 11 is 1.10. The van der Waals surface area contributed by atoms with Gasteiger partial charge in [0.1, 0.15) is 5.56 Å². The third kappa shape index (κ3) is 3.42. The Morgan fingerprint density at radius 1 is 1.35 bits per heavy atom. The van der Waals surface area contributed by atoms with Crippen molar-refractivity contribution in [1.29, 1.82) is 5.26 Å². The molecule has 0 aliphatic heterocycles. The summed E-state index contributed by atoms with van der Waals surface area (Å²) < 4.78 is 0. The number of aliphatic imine (C=N–C) groups is 1. The van der Waals surface area contributed by atoms with Crippen molar-refractivity contribution in [1.82, 2.24) is 5.32 Å². The van der Waals surface area contributed by atoms with Crippen LogP contribution in [-0.2, 0) is 0 Å². The fourth-order valence-electron chi connectivity index (χ4n) is 1.40. The molecule has 1 N–H and O–H groups in total. The molecule has 0 heterocycles. The number of hydrogen-bond acceptors (Lipinski definition) is 7. The number of nitro groups is 2. The van der Waals surface area contributed by atoms with Gasteiger partial charge < -0.3 is 0 Å². The Bertz CT molecular complexity index is 602. The van der Waals surface area contributed by atoms with Gasteiger partial charge in [-0.2, -0.15) is 5.26 Å². The zero-order valence-electron chi connectivity index (χ0n) is 10.5. The van der Waals surface area contributed by atoms with Crippen LogP contribution in [0.1, 0.15) is 5.56 Å².